The molecule has 1 aromatic carbocycles. The fourth-order valence-electron chi connectivity index (χ4n) is 2.50. The zero-order valence-electron chi connectivity index (χ0n) is 13.2. The summed E-state index contributed by atoms with van der Waals surface area (Å²) in [6.45, 7) is 7.32. The van der Waals surface area contributed by atoms with Crippen molar-refractivity contribution in [2.24, 2.45) is 5.92 Å². The number of carbonyl (C=O) groups is 1. The molecule has 1 amide bonds. The summed E-state index contributed by atoms with van der Waals surface area (Å²) < 4.78 is 20.4. The normalized spacial score (nSPS) is 15.8. The molecule has 0 saturated carbocycles. The van der Waals surface area contributed by atoms with Gasteiger partial charge in [-0.15, -0.1) is 5.10 Å². The number of ether oxygens (including phenoxy) is 1. The van der Waals surface area contributed by atoms with E-state index >= 15 is 0 Å². The van der Waals surface area contributed by atoms with Gasteiger partial charge in [0.15, 0.2) is 0 Å². The van der Waals surface area contributed by atoms with Gasteiger partial charge in [-0.2, -0.15) is 0 Å². The first-order valence-corrected chi connectivity index (χ1v) is 7.77. The number of rotatable bonds is 2. The third-order valence-corrected chi connectivity index (χ3v) is 3.89. The zero-order valence-corrected chi connectivity index (χ0v) is 14.0. The summed E-state index contributed by atoms with van der Waals surface area (Å²) in [7, 11) is 0. The Morgan fingerprint density at radius 3 is 2.78 bits per heavy atom. The van der Waals surface area contributed by atoms with Crippen LogP contribution in [-0.2, 0) is 11.3 Å². The minimum Gasteiger partial charge on any atom is -0.444 e. The molecule has 8 heteroatoms. The summed E-state index contributed by atoms with van der Waals surface area (Å²) in [5, 5.41) is 8.03. The van der Waals surface area contributed by atoms with E-state index in [0.29, 0.717) is 30.7 Å². The molecule has 0 atom stereocenters. The number of fused-ring (bicyclic) bond motifs is 1. The van der Waals surface area contributed by atoms with Crippen LogP contribution in [0.25, 0.3) is 11.0 Å². The molecule has 6 nitrogen and oxygen atoms in total. The first kappa shape index (κ1) is 16.0. The van der Waals surface area contributed by atoms with Crippen molar-refractivity contribution in [1.29, 1.82) is 0 Å². The van der Waals surface area contributed by atoms with E-state index in [2.05, 4.69) is 10.3 Å². The molecule has 0 bridgehead atoms. The van der Waals surface area contributed by atoms with Crippen LogP contribution in [0, 0.1) is 11.7 Å². The van der Waals surface area contributed by atoms with Crippen LogP contribution in [0.2, 0.25) is 5.02 Å². The molecule has 3 rings (SSSR count). The van der Waals surface area contributed by atoms with Crippen LogP contribution in [0.5, 0.6) is 0 Å². The van der Waals surface area contributed by atoms with Gasteiger partial charge >= 0.3 is 6.09 Å². The highest BCUT2D eigenvalue weighted by molar-refractivity contribution is 6.31. The fourth-order valence-corrected chi connectivity index (χ4v) is 2.66. The van der Waals surface area contributed by atoms with E-state index in [1.807, 2.05) is 20.8 Å². The third-order valence-electron chi connectivity index (χ3n) is 3.60. The number of amides is 1. The summed E-state index contributed by atoms with van der Waals surface area (Å²) in [6.07, 6.45) is -0.303. The van der Waals surface area contributed by atoms with E-state index in [-0.39, 0.29) is 17.0 Å². The fraction of sp³-hybridized carbons (Fsp3) is 0.533. The lowest BCUT2D eigenvalue weighted by atomic mass is 10.0. The average molecular weight is 341 g/mol. The molecule has 0 radical (unpaired) electrons. The van der Waals surface area contributed by atoms with Gasteiger partial charge in [0.2, 0.25) is 0 Å². The van der Waals surface area contributed by atoms with Gasteiger partial charge in [0.05, 0.1) is 10.5 Å². The molecule has 1 aliphatic rings. The SMILES string of the molecule is CC(C)(C)OC(=O)N1CC(Cn2nnc3cc(F)c(Cl)cc32)C1. The Kier molecular flexibility index (Phi) is 3.91. The van der Waals surface area contributed by atoms with Crippen molar-refractivity contribution < 1.29 is 13.9 Å². The largest absolute Gasteiger partial charge is 0.444 e. The van der Waals surface area contributed by atoms with Crippen molar-refractivity contribution in [3.8, 4) is 0 Å². The molecule has 1 saturated heterocycles. The molecule has 0 spiro atoms. The first-order valence-electron chi connectivity index (χ1n) is 7.39. The Morgan fingerprint density at radius 1 is 1.43 bits per heavy atom. The van der Waals surface area contributed by atoms with Crippen LogP contribution in [0.1, 0.15) is 20.8 Å². The molecule has 2 heterocycles. The number of hydrogen-bond acceptors (Lipinski definition) is 4. The Labute approximate surface area is 138 Å². The predicted molar refractivity (Wildman–Crippen MR) is 83.8 cm³/mol. The van der Waals surface area contributed by atoms with E-state index in [4.69, 9.17) is 16.3 Å². The van der Waals surface area contributed by atoms with Gasteiger partial charge < -0.3 is 9.64 Å². The van der Waals surface area contributed by atoms with Crippen LogP contribution in [0.3, 0.4) is 0 Å². The second-order valence-corrected chi connectivity index (χ2v) is 7.19. The summed E-state index contributed by atoms with van der Waals surface area (Å²) in [6, 6.07) is 2.80. The van der Waals surface area contributed by atoms with Crippen molar-refractivity contribution in [3.05, 3.63) is 23.0 Å². The van der Waals surface area contributed by atoms with E-state index < -0.39 is 11.4 Å². The zero-order chi connectivity index (χ0) is 16.8. The first-order chi connectivity index (χ1) is 10.7. The summed E-state index contributed by atoms with van der Waals surface area (Å²) >= 11 is 5.81. The molecule has 1 aliphatic heterocycles. The smallest absolute Gasteiger partial charge is 0.410 e. The highest BCUT2D eigenvalue weighted by Crippen LogP contribution is 2.24. The van der Waals surface area contributed by atoms with Crippen molar-refractivity contribution in [2.45, 2.75) is 32.9 Å². The maximum Gasteiger partial charge on any atom is 0.410 e. The molecule has 124 valence electrons. The van der Waals surface area contributed by atoms with Crippen molar-refractivity contribution in [3.63, 3.8) is 0 Å². The van der Waals surface area contributed by atoms with Crippen LogP contribution < -0.4 is 0 Å². The maximum atomic E-state index is 13.4. The average Bonchev–Trinajstić information content (AvgIpc) is 2.74. The van der Waals surface area contributed by atoms with Crippen molar-refractivity contribution in [1.82, 2.24) is 19.9 Å². The van der Waals surface area contributed by atoms with Crippen LogP contribution in [0.4, 0.5) is 9.18 Å². The second-order valence-electron chi connectivity index (χ2n) is 6.78. The molecule has 0 N–H and O–H groups in total. The van der Waals surface area contributed by atoms with Crippen LogP contribution in [-0.4, -0.2) is 44.7 Å². The minimum atomic E-state index is -0.508. The topological polar surface area (TPSA) is 60.2 Å². The van der Waals surface area contributed by atoms with E-state index in [1.165, 1.54) is 12.1 Å². The second kappa shape index (κ2) is 5.63. The van der Waals surface area contributed by atoms with Crippen molar-refractivity contribution in [2.75, 3.05) is 13.1 Å². The lowest BCUT2D eigenvalue weighted by Crippen LogP contribution is -2.52. The molecule has 23 heavy (non-hydrogen) atoms. The van der Waals surface area contributed by atoms with E-state index in [1.54, 1.807) is 9.58 Å². The van der Waals surface area contributed by atoms with E-state index in [0.717, 1.165) is 0 Å². The van der Waals surface area contributed by atoms with Gasteiger partial charge in [0.25, 0.3) is 0 Å². The number of benzene rings is 1. The molecule has 0 aliphatic carbocycles. The number of likely N-dealkylation sites (tertiary alicyclic amines) is 1. The molecular weight excluding hydrogens is 323 g/mol. The number of nitrogens with zero attached hydrogens (tertiary/aromatic N) is 4. The van der Waals surface area contributed by atoms with Crippen LogP contribution >= 0.6 is 11.6 Å². The van der Waals surface area contributed by atoms with Crippen molar-refractivity contribution >= 4 is 28.7 Å². The van der Waals surface area contributed by atoms with Gasteiger partial charge in [0.1, 0.15) is 16.9 Å². The monoisotopic (exact) mass is 340 g/mol. The molecule has 2 aromatic rings. The van der Waals surface area contributed by atoms with Gasteiger partial charge in [-0.05, 0) is 26.8 Å². The molecular formula is C15H18ClFN4O2. The highest BCUT2D eigenvalue weighted by Gasteiger charge is 2.34. The Balaban J connectivity index is 1.62. The summed E-state index contributed by atoms with van der Waals surface area (Å²) in [5.41, 5.74) is 0.660. The van der Waals surface area contributed by atoms with E-state index in [9.17, 15) is 9.18 Å². The lowest BCUT2D eigenvalue weighted by molar-refractivity contribution is -0.00371. The minimum absolute atomic E-state index is 0.0463. The maximum absolute atomic E-state index is 13.4. The highest BCUT2D eigenvalue weighted by atomic mass is 35.5. The number of halogens is 2. The summed E-state index contributed by atoms with van der Waals surface area (Å²) in [5.74, 6) is -0.248. The molecule has 1 aromatic heterocycles. The number of aromatic nitrogens is 3. The quantitative estimate of drug-likeness (QED) is 0.843. The van der Waals surface area contributed by atoms with Gasteiger partial charge in [-0.1, -0.05) is 16.8 Å². The standard InChI is InChI=1S/C15H18ClFN4O2/c1-15(2,3)23-14(22)20-6-9(7-20)8-21-13-4-10(16)11(17)5-12(13)18-19-21/h4-5,9H,6-8H2,1-3H3. The molecule has 1 fully saturated rings. The molecule has 0 unspecified atom stereocenters. The predicted octanol–water partition coefficient (Wildman–Crippen LogP) is 3.09. The Hall–Kier alpha value is -1.89. The van der Waals surface area contributed by atoms with Gasteiger partial charge in [0, 0.05) is 31.6 Å². The van der Waals surface area contributed by atoms with Crippen LogP contribution in [0.15, 0.2) is 12.1 Å². The Bertz CT molecular complexity index is 750. The van der Waals surface area contributed by atoms with Gasteiger partial charge in [-0.3, -0.25) is 0 Å². The Morgan fingerprint density at radius 2 is 2.13 bits per heavy atom. The summed E-state index contributed by atoms with van der Waals surface area (Å²) in [4.78, 5) is 13.5. The van der Waals surface area contributed by atoms with Gasteiger partial charge in [-0.25, -0.2) is 13.9 Å². The number of hydrogen-bond donors (Lipinski definition) is 0. The lowest BCUT2D eigenvalue weighted by Gasteiger charge is -2.39. The third kappa shape index (κ3) is 3.39. The number of carbonyl (C=O) groups excluding carboxylic acids is 1.